The summed E-state index contributed by atoms with van der Waals surface area (Å²) in [4.78, 5) is 5.08. The topological polar surface area (TPSA) is 122 Å². The van der Waals surface area contributed by atoms with Crippen molar-refractivity contribution in [1.29, 1.82) is 0 Å². The molecule has 8 nitrogen and oxygen atoms in total. The molecule has 0 bridgehead atoms. The normalized spacial score (nSPS) is 11.1. The van der Waals surface area contributed by atoms with Crippen molar-refractivity contribution in [2.24, 2.45) is 8.26 Å². The molecule has 9 heteroatoms. The molecule has 11 heavy (non-hydrogen) atoms. The van der Waals surface area contributed by atoms with E-state index in [4.69, 9.17) is 11.1 Å². The van der Waals surface area contributed by atoms with Crippen molar-refractivity contribution >= 4 is 0 Å². The van der Waals surface area contributed by atoms with Gasteiger partial charge in [-0.15, -0.1) is 0 Å². The van der Waals surface area contributed by atoms with Crippen LogP contribution >= 0.6 is 0 Å². The number of azide groups is 1. The first-order valence-electron chi connectivity index (χ1n) is 2.37. The average Bonchev–Trinajstić information content (AvgIpc) is 2.04. The zero-order valence-electron chi connectivity index (χ0n) is 5.98. The van der Waals surface area contributed by atoms with Gasteiger partial charge in [0, 0.05) is 0 Å². The summed E-state index contributed by atoms with van der Waals surface area (Å²) >= 11 is -2.20. The summed E-state index contributed by atoms with van der Waals surface area (Å²) in [6, 6.07) is 0. The summed E-state index contributed by atoms with van der Waals surface area (Å²) in [5.41, 5.74) is 16.2. The van der Waals surface area contributed by atoms with Crippen LogP contribution in [0.1, 0.15) is 0 Å². The number of rotatable bonds is 4. The Morgan fingerprint density at radius 1 is 1.09 bits per heavy atom. The molecule has 0 aliphatic carbocycles. The molecule has 0 fully saturated rings. The maximum absolute atomic E-state index is 8.11. The quantitative estimate of drug-likeness (QED) is 0.307. The first-order valence-corrected chi connectivity index (χ1v) is 4.16. The molecular formula is C2H8CuN8. The Morgan fingerprint density at radius 3 is 1.64 bits per heavy atom. The molecule has 0 amide bonds. The Kier molecular flexibility index (Phi) is 4.40. The van der Waals surface area contributed by atoms with Crippen molar-refractivity contribution in [1.82, 2.24) is 8.67 Å². The van der Waals surface area contributed by atoms with E-state index in [1.54, 1.807) is 0 Å². The van der Waals surface area contributed by atoms with E-state index in [1.807, 2.05) is 0 Å². The molecule has 0 saturated heterocycles. The standard InChI is InChI=1S/2CH4N.Cu.2N3/c2*1-2;;2*1-3-2/h2*2H,1H3;;;/q2*-1;+4;2*-1. The Bertz CT molecular complexity index is 186. The molecule has 0 aromatic carbocycles. The third-order valence-electron chi connectivity index (χ3n) is 0.649. The summed E-state index contributed by atoms with van der Waals surface area (Å²) in [6.45, 7) is 0. The van der Waals surface area contributed by atoms with Crippen molar-refractivity contribution in [2.75, 3.05) is 14.1 Å². The van der Waals surface area contributed by atoms with E-state index in [-0.39, 0.29) is 0 Å². The molecule has 0 heterocycles. The second-order valence-corrected chi connectivity index (χ2v) is 3.59. The molecule has 0 aliphatic rings. The van der Waals surface area contributed by atoms with Crippen LogP contribution in [0.5, 0.6) is 0 Å². The summed E-state index contributed by atoms with van der Waals surface area (Å²) in [5.74, 6) is 0. The Hall–Kier alpha value is -0.941. The molecular weight excluding hydrogens is 200 g/mol. The SMILES string of the molecule is C[NH][Cu]([N]=[N+]=[N-])([N]=[N+]=[N-])[NH]C. The molecule has 0 aromatic rings. The summed E-state index contributed by atoms with van der Waals surface area (Å²) in [7, 11) is 3.07. The Balaban J connectivity index is 4.72. The van der Waals surface area contributed by atoms with Crippen LogP contribution in [0.4, 0.5) is 0 Å². The van der Waals surface area contributed by atoms with Crippen molar-refractivity contribution in [2.45, 2.75) is 0 Å². The number of nitrogens with one attached hydrogen (secondary N) is 2. The first kappa shape index (κ1) is 10.1. The van der Waals surface area contributed by atoms with Gasteiger partial charge < -0.3 is 0 Å². The average molecular weight is 208 g/mol. The van der Waals surface area contributed by atoms with Gasteiger partial charge in [0.05, 0.1) is 0 Å². The zero-order valence-corrected chi connectivity index (χ0v) is 6.93. The van der Waals surface area contributed by atoms with Crippen LogP contribution in [0, 0.1) is 0 Å². The molecule has 2 N–H and O–H groups in total. The fourth-order valence-corrected chi connectivity index (χ4v) is 1.18. The van der Waals surface area contributed by atoms with Crippen molar-refractivity contribution < 1.29 is 13.7 Å². The van der Waals surface area contributed by atoms with Gasteiger partial charge in [-0.05, 0) is 0 Å². The van der Waals surface area contributed by atoms with Crippen molar-refractivity contribution in [3.63, 3.8) is 0 Å². The van der Waals surface area contributed by atoms with Gasteiger partial charge in [-0.2, -0.15) is 0 Å². The van der Waals surface area contributed by atoms with E-state index in [1.165, 1.54) is 14.1 Å². The number of hydrogen-bond acceptors (Lipinski definition) is 4. The fraction of sp³-hybridized carbons (Fsp3) is 1.00. The molecule has 0 aromatic heterocycles. The van der Waals surface area contributed by atoms with E-state index < -0.39 is 13.7 Å². The second-order valence-electron chi connectivity index (χ2n) is 1.01. The molecule has 0 radical (unpaired) electrons. The van der Waals surface area contributed by atoms with Crippen molar-refractivity contribution in [3.05, 3.63) is 20.9 Å². The van der Waals surface area contributed by atoms with E-state index >= 15 is 0 Å². The molecule has 67 valence electrons. The van der Waals surface area contributed by atoms with Gasteiger partial charge in [0.2, 0.25) is 0 Å². The summed E-state index contributed by atoms with van der Waals surface area (Å²) in [5, 5.41) is 0. The minimum absolute atomic E-state index is 1.53. The summed E-state index contributed by atoms with van der Waals surface area (Å²) in [6.07, 6.45) is 0. The zero-order chi connectivity index (χ0) is 8.74. The van der Waals surface area contributed by atoms with E-state index in [0.29, 0.717) is 0 Å². The Morgan fingerprint density at radius 2 is 1.45 bits per heavy atom. The van der Waals surface area contributed by atoms with Gasteiger partial charge >= 0.3 is 65.6 Å². The third-order valence-corrected chi connectivity index (χ3v) is 2.68. The van der Waals surface area contributed by atoms with Gasteiger partial charge in [-0.3, -0.25) is 0 Å². The van der Waals surface area contributed by atoms with E-state index in [0.717, 1.165) is 0 Å². The first-order chi connectivity index (χ1) is 5.24. The van der Waals surface area contributed by atoms with Gasteiger partial charge in [0.25, 0.3) is 0 Å². The molecule has 0 saturated carbocycles. The number of nitrogens with zero attached hydrogens (tertiary/aromatic N) is 6. The van der Waals surface area contributed by atoms with Crippen molar-refractivity contribution in [3.8, 4) is 0 Å². The predicted molar refractivity (Wildman–Crippen MR) is 36.4 cm³/mol. The van der Waals surface area contributed by atoms with Crippen LogP contribution in [-0.2, 0) is 13.7 Å². The minimum atomic E-state index is -2.20. The monoisotopic (exact) mass is 207 g/mol. The summed E-state index contributed by atoms with van der Waals surface area (Å²) < 4.78 is 11.8. The van der Waals surface area contributed by atoms with Crippen LogP contribution < -0.4 is 8.67 Å². The van der Waals surface area contributed by atoms with Crippen LogP contribution in [0.2, 0.25) is 0 Å². The third kappa shape index (κ3) is 2.65. The van der Waals surface area contributed by atoms with Gasteiger partial charge in [-0.1, -0.05) is 0 Å². The molecule has 0 rings (SSSR count). The van der Waals surface area contributed by atoms with Gasteiger partial charge in [-0.25, -0.2) is 0 Å². The molecule has 0 aliphatic heterocycles. The predicted octanol–water partition coefficient (Wildman–Crippen LogP) is 0.860. The van der Waals surface area contributed by atoms with E-state index in [2.05, 4.69) is 26.8 Å². The molecule has 0 unspecified atom stereocenters. The van der Waals surface area contributed by atoms with E-state index in [9.17, 15) is 0 Å². The van der Waals surface area contributed by atoms with Gasteiger partial charge in [0.15, 0.2) is 0 Å². The van der Waals surface area contributed by atoms with Crippen LogP contribution in [-0.4, -0.2) is 14.1 Å². The fourth-order valence-electron chi connectivity index (χ4n) is 0.286. The number of hydrogen-bond donors (Lipinski definition) is 2. The van der Waals surface area contributed by atoms with Crippen LogP contribution in [0.3, 0.4) is 0 Å². The second kappa shape index (κ2) is 4.81. The Labute approximate surface area is 66.3 Å². The molecule has 0 atom stereocenters. The van der Waals surface area contributed by atoms with Gasteiger partial charge in [0.1, 0.15) is 0 Å². The van der Waals surface area contributed by atoms with Crippen LogP contribution in [0.15, 0.2) is 8.26 Å². The molecule has 0 spiro atoms. The maximum atomic E-state index is 8.11. The van der Waals surface area contributed by atoms with Crippen LogP contribution in [0.25, 0.3) is 20.9 Å².